The number of nitrogens with zero attached hydrogens (tertiary/aromatic N) is 2. The van der Waals surface area contributed by atoms with Crippen LogP contribution < -0.4 is 0 Å². The molecule has 0 amide bonds. The molecule has 0 saturated carbocycles. The van der Waals surface area contributed by atoms with Crippen LogP contribution in [0.4, 0.5) is 0 Å². The first-order valence-corrected chi connectivity index (χ1v) is 6.54. The fraction of sp³-hybridized carbons (Fsp3) is 0.438. The maximum Gasteiger partial charge on any atom is 0.0403 e. The molecule has 1 heterocycles. The molecule has 2 nitrogen and oxygen atoms in total. The molecule has 1 aliphatic heterocycles. The van der Waals surface area contributed by atoms with Crippen LogP contribution in [0.5, 0.6) is 0 Å². The molecule has 0 aromatic heterocycles. The summed E-state index contributed by atoms with van der Waals surface area (Å²) in [5.74, 6) is 0. The first-order chi connectivity index (χ1) is 8.54. The highest BCUT2D eigenvalue weighted by atomic mass is 15.1. The topological polar surface area (TPSA) is 15.6 Å². The second-order valence-electron chi connectivity index (χ2n) is 5.10. The molecule has 1 unspecified atom stereocenters. The van der Waals surface area contributed by atoms with Gasteiger partial charge in [0.2, 0.25) is 0 Å². The van der Waals surface area contributed by atoms with Crippen molar-refractivity contribution < 1.29 is 0 Å². The van der Waals surface area contributed by atoms with Gasteiger partial charge in [0.25, 0.3) is 0 Å². The summed E-state index contributed by atoms with van der Waals surface area (Å²) < 4.78 is 0. The third-order valence-corrected chi connectivity index (χ3v) is 3.98. The summed E-state index contributed by atoms with van der Waals surface area (Å²) in [5.41, 5.74) is 6.56. The lowest BCUT2D eigenvalue weighted by molar-refractivity contribution is 0.286. The highest BCUT2D eigenvalue weighted by Gasteiger charge is 2.23. The van der Waals surface area contributed by atoms with Crippen molar-refractivity contribution in [3.63, 3.8) is 0 Å². The van der Waals surface area contributed by atoms with E-state index in [2.05, 4.69) is 55.9 Å². The number of hydrogen-bond donors (Lipinski definition) is 0. The Kier molecular flexibility index (Phi) is 3.67. The number of fused-ring (bicyclic) bond motifs is 1. The van der Waals surface area contributed by atoms with Gasteiger partial charge in [0.15, 0.2) is 0 Å². The summed E-state index contributed by atoms with van der Waals surface area (Å²) in [6.45, 7) is 9.50. The normalized spacial score (nSPS) is 21.3. The Morgan fingerprint density at radius 1 is 1.39 bits per heavy atom. The van der Waals surface area contributed by atoms with Crippen LogP contribution in [0.1, 0.15) is 50.4 Å². The Morgan fingerprint density at radius 3 is 2.78 bits per heavy atom. The lowest BCUT2D eigenvalue weighted by Crippen LogP contribution is -2.12. The van der Waals surface area contributed by atoms with E-state index in [9.17, 15) is 0 Å². The standard InChI is InChI=1S/C16H22N2/c1-6-17-12(3)11(2)14-7-8-15-10-18(5)13(4)16(15)9-14/h6-9,13H,10H2,1-5H3/b12-11+,17-6?. The number of allylic oxidation sites excluding steroid dienone is 2. The molecule has 0 fully saturated rings. The monoisotopic (exact) mass is 242 g/mol. The van der Waals surface area contributed by atoms with Crippen LogP contribution >= 0.6 is 0 Å². The van der Waals surface area contributed by atoms with Crippen molar-refractivity contribution in [3.05, 3.63) is 40.6 Å². The van der Waals surface area contributed by atoms with E-state index in [1.54, 1.807) is 0 Å². The molecule has 0 aliphatic carbocycles. The molecule has 18 heavy (non-hydrogen) atoms. The number of rotatable bonds is 2. The fourth-order valence-corrected chi connectivity index (χ4v) is 2.50. The number of hydrogen-bond acceptors (Lipinski definition) is 2. The van der Waals surface area contributed by atoms with Gasteiger partial charge >= 0.3 is 0 Å². The molecule has 0 radical (unpaired) electrons. The SMILES string of the molecule is CC=N/C(C)=C(\C)c1ccc2c(c1)C(C)N(C)C2. The van der Waals surface area contributed by atoms with E-state index in [1.807, 2.05) is 13.1 Å². The second-order valence-corrected chi connectivity index (χ2v) is 5.10. The predicted molar refractivity (Wildman–Crippen MR) is 78.8 cm³/mol. The van der Waals surface area contributed by atoms with Gasteiger partial charge in [-0.2, -0.15) is 0 Å². The van der Waals surface area contributed by atoms with Crippen molar-refractivity contribution in [1.82, 2.24) is 4.90 Å². The fourth-order valence-electron chi connectivity index (χ4n) is 2.50. The van der Waals surface area contributed by atoms with Gasteiger partial charge in [-0.25, -0.2) is 0 Å². The van der Waals surface area contributed by atoms with Gasteiger partial charge in [0.05, 0.1) is 0 Å². The van der Waals surface area contributed by atoms with Crippen LogP contribution in [0.3, 0.4) is 0 Å². The van der Waals surface area contributed by atoms with Crippen molar-refractivity contribution in [1.29, 1.82) is 0 Å². The number of benzene rings is 1. The summed E-state index contributed by atoms with van der Waals surface area (Å²) in [4.78, 5) is 6.75. The first kappa shape index (κ1) is 13.0. The zero-order chi connectivity index (χ0) is 13.3. The Hall–Kier alpha value is -1.41. The van der Waals surface area contributed by atoms with Gasteiger partial charge in [-0.1, -0.05) is 12.1 Å². The van der Waals surface area contributed by atoms with Crippen LogP contribution in [-0.4, -0.2) is 18.2 Å². The summed E-state index contributed by atoms with van der Waals surface area (Å²) in [6.07, 6.45) is 1.85. The zero-order valence-electron chi connectivity index (χ0n) is 12.0. The average Bonchev–Trinajstić information content (AvgIpc) is 2.64. The zero-order valence-corrected chi connectivity index (χ0v) is 12.0. The van der Waals surface area contributed by atoms with Crippen molar-refractivity contribution in [2.45, 2.75) is 40.3 Å². The summed E-state index contributed by atoms with van der Waals surface area (Å²) >= 11 is 0. The molecule has 1 aliphatic rings. The van der Waals surface area contributed by atoms with Crippen LogP contribution in [0.25, 0.3) is 5.57 Å². The lowest BCUT2D eigenvalue weighted by atomic mass is 9.98. The van der Waals surface area contributed by atoms with Crippen molar-refractivity contribution in [3.8, 4) is 0 Å². The quantitative estimate of drug-likeness (QED) is 0.715. The third kappa shape index (κ3) is 2.25. The van der Waals surface area contributed by atoms with Gasteiger partial charge in [0.1, 0.15) is 0 Å². The van der Waals surface area contributed by atoms with E-state index < -0.39 is 0 Å². The molecule has 2 rings (SSSR count). The Balaban J connectivity index is 2.42. The first-order valence-electron chi connectivity index (χ1n) is 6.54. The largest absolute Gasteiger partial charge is 0.295 e. The van der Waals surface area contributed by atoms with Crippen LogP contribution in [0, 0.1) is 0 Å². The molecule has 96 valence electrons. The van der Waals surface area contributed by atoms with Gasteiger partial charge in [-0.3, -0.25) is 9.89 Å². The van der Waals surface area contributed by atoms with E-state index in [4.69, 9.17) is 0 Å². The highest BCUT2D eigenvalue weighted by molar-refractivity contribution is 5.70. The maximum atomic E-state index is 4.37. The van der Waals surface area contributed by atoms with Crippen molar-refractivity contribution >= 4 is 11.8 Å². The van der Waals surface area contributed by atoms with Gasteiger partial charge in [0, 0.05) is 24.5 Å². The minimum absolute atomic E-state index is 0.516. The van der Waals surface area contributed by atoms with Crippen LogP contribution in [0.15, 0.2) is 28.9 Å². The second kappa shape index (κ2) is 5.07. The summed E-state index contributed by atoms with van der Waals surface area (Å²) in [5, 5.41) is 0. The predicted octanol–water partition coefficient (Wildman–Crippen LogP) is 4.03. The molecular weight excluding hydrogens is 220 g/mol. The van der Waals surface area contributed by atoms with Crippen LogP contribution in [-0.2, 0) is 6.54 Å². The van der Waals surface area contributed by atoms with Crippen molar-refractivity contribution in [2.75, 3.05) is 7.05 Å². The molecule has 0 spiro atoms. The Bertz CT molecular complexity index is 512. The van der Waals surface area contributed by atoms with Gasteiger partial charge in [-0.15, -0.1) is 0 Å². The third-order valence-electron chi connectivity index (χ3n) is 3.98. The molecule has 1 aromatic carbocycles. The number of aliphatic imine (C=N–C) groups is 1. The van der Waals surface area contributed by atoms with E-state index >= 15 is 0 Å². The summed E-state index contributed by atoms with van der Waals surface area (Å²) in [6, 6.07) is 7.32. The van der Waals surface area contributed by atoms with E-state index in [0.717, 1.165) is 12.2 Å². The Morgan fingerprint density at radius 2 is 2.11 bits per heavy atom. The van der Waals surface area contributed by atoms with Gasteiger partial charge < -0.3 is 0 Å². The molecule has 0 bridgehead atoms. The molecule has 0 saturated heterocycles. The average molecular weight is 242 g/mol. The lowest BCUT2D eigenvalue weighted by Gasteiger charge is -2.15. The highest BCUT2D eigenvalue weighted by Crippen LogP contribution is 2.34. The Labute approximate surface area is 110 Å². The maximum absolute atomic E-state index is 4.37. The molecule has 2 heteroatoms. The van der Waals surface area contributed by atoms with E-state index in [1.165, 1.54) is 22.3 Å². The molecular formula is C16H22N2. The van der Waals surface area contributed by atoms with Crippen LogP contribution in [0.2, 0.25) is 0 Å². The van der Waals surface area contributed by atoms with E-state index in [-0.39, 0.29) is 0 Å². The molecule has 1 aromatic rings. The molecule has 0 N–H and O–H groups in total. The van der Waals surface area contributed by atoms with Crippen molar-refractivity contribution in [2.24, 2.45) is 4.99 Å². The van der Waals surface area contributed by atoms with E-state index in [0.29, 0.717) is 6.04 Å². The smallest absolute Gasteiger partial charge is 0.0403 e. The minimum Gasteiger partial charge on any atom is -0.295 e. The van der Waals surface area contributed by atoms with Gasteiger partial charge in [-0.05, 0) is 63.1 Å². The summed E-state index contributed by atoms with van der Waals surface area (Å²) in [7, 11) is 2.18. The minimum atomic E-state index is 0.516. The molecule has 1 atom stereocenters.